The van der Waals surface area contributed by atoms with E-state index in [0.29, 0.717) is 6.54 Å². The molecule has 0 atom stereocenters. The van der Waals surface area contributed by atoms with E-state index < -0.39 is 6.09 Å². The van der Waals surface area contributed by atoms with Crippen LogP contribution in [0.1, 0.15) is 12.5 Å². The van der Waals surface area contributed by atoms with Crippen LogP contribution >= 0.6 is 0 Å². The summed E-state index contributed by atoms with van der Waals surface area (Å²) in [4.78, 5) is 20.6. The Morgan fingerprint density at radius 2 is 1.85 bits per heavy atom. The lowest BCUT2D eigenvalue weighted by Gasteiger charge is -1.96. The Bertz CT molecular complexity index is 418. The zero-order valence-electron chi connectivity index (χ0n) is 11.4. The molecule has 4 N–H and O–H groups in total. The van der Waals surface area contributed by atoms with E-state index >= 15 is 0 Å². The number of rotatable bonds is 5. The summed E-state index contributed by atoms with van der Waals surface area (Å²) in [6.07, 6.45) is 2.22. The minimum Gasteiger partial charge on any atom is -0.465 e. The molecule has 110 valence electrons. The highest BCUT2D eigenvalue weighted by Gasteiger charge is 1.92. The second kappa shape index (κ2) is 11.7. The van der Waals surface area contributed by atoms with Crippen molar-refractivity contribution in [1.82, 2.24) is 10.6 Å². The first-order valence-corrected chi connectivity index (χ1v) is 6.18. The van der Waals surface area contributed by atoms with Gasteiger partial charge in [0.05, 0.1) is 6.61 Å². The van der Waals surface area contributed by atoms with Crippen LogP contribution in [0, 0.1) is 0 Å². The Morgan fingerprint density at radius 3 is 2.30 bits per heavy atom. The van der Waals surface area contributed by atoms with Crippen molar-refractivity contribution in [1.29, 1.82) is 0 Å². The molecule has 0 aromatic heterocycles. The van der Waals surface area contributed by atoms with E-state index in [2.05, 4.69) is 10.6 Å². The van der Waals surface area contributed by atoms with E-state index in [1.54, 1.807) is 13.0 Å². The molecule has 2 amide bonds. The van der Waals surface area contributed by atoms with Crippen molar-refractivity contribution >= 4 is 18.1 Å². The van der Waals surface area contributed by atoms with Gasteiger partial charge in [-0.3, -0.25) is 4.79 Å². The Hall–Kier alpha value is -2.34. The highest BCUT2D eigenvalue weighted by Crippen LogP contribution is 2.00. The minimum absolute atomic E-state index is 0.0368. The number of aliphatic hydroxyl groups is 1. The fraction of sp³-hybridized carbons (Fsp3) is 0.286. The fourth-order valence-corrected chi connectivity index (χ4v) is 1.13. The molecule has 0 spiro atoms. The molecule has 1 rings (SSSR count). The molecule has 1 aromatic carbocycles. The normalized spacial score (nSPS) is 9.50. The predicted octanol–water partition coefficient (Wildman–Crippen LogP) is 1.08. The van der Waals surface area contributed by atoms with Gasteiger partial charge in [-0.2, -0.15) is 0 Å². The highest BCUT2D eigenvalue weighted by atomic mass is 16.4. The van der Waals surface area contributed by atoms with Gasteiger partial charge in [-0.15, -0.1) is 0 Å². The summed E-state index contributed by atoms with van der Waals surface area (Å²) in [7, 11) is 0. The first-order valence-electron chi connectivity index (χ1n) is 6.18. The maximum absolute atomic E-state index is 11.1. The standard InChI is InChI=1S/C11H13NO2.C3H7NO2/c13-9-8-12-11(14)7-6-10-4-2-1-3-5-10;1-2-4-3(5)6/h1-7,13H,8-9H2,(H,12,14);4H,2H2,1H3,(H,5,6). The molecule has 0 aliphatic carbocycles. The molecule has 1 aromatic rings. The van der Waals surface area contributed by atoms with E-state index in [-0.39, 0.29) is 19.1 Å². The van der Waals surface area contributed by atoms with Crippen LogP contribution in [-0.2, 0) is 4.79 Å². The summed E-state index contributed by atoms with van der Waals surface area (Å²) in [6, 6.07) is 9.56. The molecule has 0 aliphatic heterocycles. The number of carbonyl (C=O) groups excluding carboxylic acids is 1. The molecular weight excluding hydrogens is 260 g/mol. The van der Waals surface area contributed by atoms with Gasteiger partial charge in [0.25, 0.3) is 0 Å². The second-order valence-electron chi connectivity index (χ2n) is 3.59. The van der Waals surface area contributed by atoms with E-state index in [1.807, 2.05) is 30.3 Å². The molecule has 6 nitrogen and oxygen atoms in total. The highest BCUT2D eigenvalue weighted by molar-refractivity contribution is 5.91. The molecule has 0 saturated heterocycles. The number of nitrogens with one attached hydrogen (secondary N) is 2. The Balaban J connectivity index is 0.000000511. The molecule has 0 radical (unpaired) electrons. The molecule has 6 heteroatoms. The monoisotopic (exact) mass is 280 g/mol. The van der Waals surface area contributed by atoms with Crippen LogP contribution < -0.4 is 10.6 Å². The van der Waals surface area contributed by atoms with Gasteiger partial charge in [-0.1, -0.05) is 30.3 Å². The summed E-state index contributed by atoms with van der Waals surface area (Å²) in [6.45, 7) is 2.46. The van der Waals surface area contributed by atoms with Crippen molar-refractivity contribution in [2.75, 3.05) is 19.7 Å². The van der Waals surface area contributed by atoms with Gasteiger partial charge in [0.15, 0.2) is 0 Å². The first-order chi connectivity index (χ1) is 9.60. The first kappa shape index (κ1) is 17.7. The van der Waals surface area contributed by atoms with Crippen LogP contribution in [0.2, 0.25) is 0 Å². The topological polar surface area (TPSA) is 98.7 Å². The average Bonchev–Trinajstić information content (AvgIpc) is 2.44. The van der Waals surface area contributed by atoms with Crippen molar-refractivity contribution in [3.63, 3.8) is 0 Å². The van der Waals surface area contributed by atoms with Gasteiger partial charge in [0.2, 0.25) is 5.91 Å². The summed E-state index contributed by atoms with van der Waals surface area (Å²) in [5.41, 5.74) is 0.978. The Labute approximate surface area is 118 Å². The van der Waals surface area contributed by atoms with Crippen LogP contribution in [0.5, 0.6) is 0 Å². The van der Waals surface area contributed by atoms with E-state index in [4.69, 9.17) is 10.2 Å². The van der Waals surface area contributed by atoms with Crippen molar-refractivity contribution in [2.24, 2.45) is 0 Å². The van der Waals surface area contributed by atoms with E-state index in [9.17, 15) is 9.59 Å². The zero-order chi connectivity index (χ0) is 15.2. The van der Waals surface area contributed by atoms with Crippen molar-refractivity contribution < 1.29 is 19.8 Å². The van der Waals surface area contributed by atoms with Gasteiger partial charge in [0.1, 0.15) is 0 Å². The lowest BCUT2D eigenvalue weighted by Crippen LogP contribution is -2.24. The lowest BCUT2D eigenvalue weighted by atomic mass is 10.2. The third-order valence-corrected chi connectivity index (χ3v) is 1.97. The van der Waals surface area contributed by atoms with Gasteiger partial charge in [-0.05, 0) is 18.6 Å². The quantitative estimate of drug-likeness (QED) is 0.607. The summed E-state index contributed by atoms with van der Waals surface area (Å²) in [5.74, 6) is -0.192. The molecule has 20 heavy (non-hydrogen) atoms. The third kappa shape index (κ3) is 10.8. The van der Waals surface area contributed by atoms with Crippen LogP contribution in [0.25, 0.3) is 6.08 Å². The van der Waals surface area contributed by atoms with Crippen molar-refractivity contribution in [3.05, 3.63) is 42.0 Å². The average molecular weight is 280 g/mol. The largest absolute Gasteiger partial charge is 0.465 e. The zero-order valence-corrected chi connectivity index (χ0v) is 11.4. The number of carboxylic acid groups (broad SMARTS) is 1. The number of aliphatic hydroxyl groups excluding tert-OH is 1. The molecule has 0 aliphatic rings. The lowest BCUT2D eigenvalue weighted by molar-refractivity contribution is -0.116. The van der Waals surface area contributed by atoms with Gasteiger partial charge in [-0.25, -0.2) is 4.79 Å². The molecule has 0 heterocycles. The maximum Gasteiger partial charge on any atom is 0.404 e. The van der Waals surface area contributed by atoms with Crippen molar-refractivity contribution in [3.8, 4) is 0 Å². The summed E-state index contributed by atoms with van der Waals surface area (Å²) in [5, 5.41) is 20.9. The molecular formula is C14H20N2O4. The number of hydrogen-bond donors (Lipinski definition) is 4. The Kier molecular flexibility index (Phi) is 10.4. The number of benzene rings is 1. The smallest absolute Gasteiger partial charge is 0.404 e. The van der Waals surface area contributed by atoms with Gasteiger partial charge in [0, 0.05) is 19.2 Å². The molecule has 0 unspecified atom stereocenters. The summed E-state index contributed by atoms with van der Waals surface area (Å²) < 4.78 is 0. The van der Waals surface area contributed by atoms with Crippen LogP contribution in [0.3, 0.4) is 0 Å². The van der Waals surface area contributed by atoms with E-state index in [0.717, 1.165) is 5.56 Å². The van der Waals surface area contributed by atoms with Gasteiger partial charge < -0.3 is 20.8 Å². The SMILES string of the molecule is CCNC(=O)O.O=C(C=Cc1ccccc1)NCCO. The molecule has 0 saturated carbocycles. The summed E-state index contributed by atoms with van der Waals surface area (Å²) >= 11 is 0. The molecule has 0 fully saturated rings. The molecule has 0 bridgehead atoms. The minimum atomic E-state index is -0.961. The predicted molar refractivity (Wildman–Crippen MR) is 77.3 cm³/mol. The van der Waals surface area contributed by atoms with E-state index in [1.165, 1.54) is 6.08 Å². The number of carbonyl (C=O) groups is 2. The number of hydrogen-bond acceptors (Lipinski definition) is 3. The van der Waals surface area contributed by atoms with Crippen molar-refractivity contribution in [2.45, 2.75) is 6.92 Å². The van der Waals surface area contributed by atoms with Crippen LogP contribution in [0.4, 0.5) is 4.79 Å². The third-order valence-electron chi connectivity index (χ3n) is 1.97. The van der Waals surface area contributed by atoms with Crippen LogP contribution in [-0.4, -0.2) is 41.9 Å². The van der Waals surface area contributed by atoms with Gasteiger partial charge >= 0.3 is 6.09 Å². The fourth-order valence-electron chi connectivity index (χ4n) is 1.13. The maximum atomic E-state index is 11.1. The van der Waals surface area contributed by atoms with Crippen LogP contribution in [0.15, 0.2) is 36.4 Å². The second-order valence-corrected chi connectivity index (χ2v) is 3.59. The Morgan fingerprint density at radius 1 is 1.20 bits per heavy atom. The number of amides is 2.